The predicted octanol–water partition coefficient (Wildman–Crippen LogP) is 5.48. The number of carbonyl (C=O) groups is 2. The SMILES string of the molecule is CC(=O)Nc1ccc(Oc2cc(C)cc(NC(=O)Cn3nc(C(F)(F)F)c4c3CCCC4)c2)cc1. The maximum atomic E-state index is 13.4. The molecule has 184 valence electrons. The van der Waals surface area contributed by atoms with Gasteiger partial charge in [0.05, 0.1) is 0 Å². The number of fused-ring (bicyclic) bond motifs is 1. The molecule has 0 atom stereocenters. The largest absolute Gasteiger partial charge is 0.457 e. The molecular formula is C25H25F3N4O3. The summed E-state index contributed by atoms with van der Waals surface area (Å²) >= 11 is 0. The van der Waals surface area contributed by atoms with Crippen LogP contribution in [0.15, 0.2) is 42.5 Å². The van der Waals surface area contributed by atoms with Crippen LogP contribution >= 0.6 is 0 Å². The number of nitrogens with one attached hydrogen (secondary N) is 2. The molecule has 0 aliphatic heterocycles. The van der Waals surface area contributed by atoms with Gasteiger partial charge in [-0.25, -0.2) is 0 Å². The molecule has 2 amide bonds. The van der Waals surface area contributed by atoms with E-state index in [1.165, 1.54) is 11.6 Å². The minimum atomic E-state index is -4.55. The van der Waals surface area contributed by atoms with E-state index in [1.54, 1.807) is 42.5 Å². The second kappa shape index (κ2) is 9.81. The van der Waals surface area contributed by atoms with Crippen LogP contribution in [0.1, 0.15) is 42.3 Å². The lowest BCUT2D eigenvalue weighted by Crippen LogP contribution is -2.22. The molecule has 1 aromatic heterocycles. The molecule has 1 aliphatic carbocycles. The van der Waals surface area contributed by atoms with E-state index >= 15 is 0 Å². The van der Waals surface area contributed by atoms with Crippen LogP contribution in [0.2, 0.25) is 0 Å². The number of aryl methyl sites for hydroxylation is 1. The van der Waals surface area contributed by atoms with Crippen molar-refractivity contribution in [3.8, 4) is 11.5 Å². The number of ether oxygens (including phenoxy) is 1. The normalized spacial score (nSPS) is 13.2. The van der Waals surface area contributed by atoms with Gasteiger partial charge in [0.15, 0.2) is 5.69 Å². The van der Waals surface area contributed by atoms with Gasteiger partial charge in [0.25, 0.3) is 0 Å². The molecule has 3 aromatic rings. The van der Waals surface area contributed by atoms with Crippen molar-refractivity contribution in [3.05, 3.63) is 65.0 Å². The molecular weight excluding hydrogens is 461 g/mol. The number of anilines is 2. The van der Waals surface area contributed by atoms with Crippen LogP contribution in [0.3, 0.4) is 0 Å². The third-order valence-electron chi connectivity index (χ3n) is 5.56. The third-order valence-corrected chi connectivity index (χ3v) is 5.56. The summed E-state index contributed by atoms with van der Waals surface area (Å²) in [5.74, 6) is 0.349. The van der Waals surface area contributed by atoms with Crippen LogP contribution in [-0.2, 0) is 35.2 Å². The van der Waals surface area contributed by atoms with Crippen molar-refractivity contribution >= 4 is 23.2 Å². The van der Waals surface area contributed by atoms with Gasteiger partial charge in [-0.05, 0) is 74.6 Å². The summed E-state index contributed by atoms with van der Waals surface area (Å²) in [6.45, 7) is 2.94. The summed E-state index contributed by atoms with van der Waals surface area (Å²) in [7, 11) is 0. The minimum Gasteiger partial charge on any atom is -0.457 e. The Kier molecular flexibility index (Phi) is 6.81. The highest BCUT2D eigenvalue weighted by atomic mass is 19.4. The van der Waals surface area contributed by atoms with E-state index in [9.17, 15) is 22.8 Å². The van der Waals surface area contributed by atoms with Crippen LogP contribution in [0.25, 0.3) is 0 Å². The van der Waals surface area contributed by atoms with Crippen LogP contribution in [0.4, 0.5) is 24.5 Å². The van der Waals surface area contributed by atoms with Crippen molar-refractivity contribution in [2.45, 2.75) is 52.3 Å². The van der Waals surface area contributed by atoms with Gasteiger partial charge < -0.3 is 15.4 Å². The van der Waals surface area contributed by atoms with E-state index in [0.717, 1.165) is 12.0 Å². The van der Waals surface area contributed by atoms with E-state index in [0.29, 0.717) is 47.8 Å². The quantitative estimate of drug-likeness (QED) is 0.483. The molecule has 0 saturated carbocycles. The summed E-state index contributed by atoms with van der Waals surface area (Å²) in [5, 5.41) is 9.15. The highest BCUT2D eigenvalue weighted by Gasteiger charge is 2.39. The standard InChI is InChI=1S/C25H25F3N4O3/c1-15-11-18(13-20(12-15)35-19-9-7-17(8-10-19)29-16(2)33)30-23(34)14-32-22-6-4-3-5-21(22)24(31-32)25(26,27)28/h7-13H,3-6,14H2,1-2H3,(H,29,33)(H,30,34). The number of hydrogen-bond acceptors (Lipinski definition) is 4. The first-order valence-corrected chi connectivity index (χ1v) is 11.2. The Morgan fingerprint density at radius 2 is 1.71 bits per heavy atom. The molecule has 10 heteroatoms. The van der Waals surface area contributed by atoms with Gasteiger partial charge in [-0.2, -0.15) is 18.3 Å². The number of aromatic nitrogens is 2. The Morgan fingerprint density at radius 1 is 1.00 bits per heavy atom. The number of carbonyl (C=O) groups excluding carboxylic acids is 2. The molecule has 0 spiro atoms. The molecule has 7 nitrogen and oxygen atoms in total. The van der Waals surface area contributed by atoms with E-state index in [1.807, 2.05) is 6.92 Å². The van der Waals surface area contributed by atoms with Gasteiger partial charge in [-0.15, -0.1) is 0 Å². The van der Waals surface area contributed by atoms with Crippen LogP contribution in [0.5, 0.6) is 11.5 Å². The molecule has 1 aliphatic rings. The lowest BCUT2D eigenvalue weighted by Gasteiger charge is -2.15. The Morgan fingerprint density at radius 3 is 2.40 bits per heavy atom. The lowest BCUT2D eigenvalue weighted by atomic mass is 9.95. The number of hydrogen-bond donors (Lipinski definition) is 2. The molecule has 0 unspecified atom stereocenters. The smallest absolute Gasteiger partial charge is 0.435 e. The van der Waals surface area contributed by atoms with E-state index in [4.69, 9.17) is 4.74 Å². The lowest BCUT2D eigenvalue weighted by molar-refractivity contribution is -0.142. The van der Waals surface area contributed by atoms with Gasteiger partial charge in [-0.3, -0.25) is 14.3 Å². The third kappa shape index (κ3) is 6.00. The van der Waals surface area contributed by atoms with Gasteiger partial charge in [0.2, 0.25) is 11.8 Å². The van der Waals surface area contributed by atoms with Crippen LogP contribution in [-0.4, -0.2) is 21.6 Å². The topological polar surface area (TPSA) is 85.3 Å². The first kappa shape index (κ1) is 24.3. The summed E-state index contributed by atoms with van der Waals surface area (Å²) in [6, 6.07) is 12.0. The fraction of sp³-hybridized carbons (Fsp3) is 0.320. The first-order chi connectivity index (χ1) is 16.6. The Hall–Kier alpha value is -3.82. The fourth-order valence-electron chi connectivity index (χ4n) is 4.19. The monoisotopic (exact) mass is 486 g/mol. The van der Waals surface area contributed by atoms with Crippen molar-refractivity contribution in [3.63, 3.8) is 0 Å². The van der Waals surface area contributed by atoms with Crippen LogP contribution < -0.4 is 15.4 Å². The molecule has 0 fully saturated rings. The molecule has 35 heavy (non-hydrogen) atoms. The first-order valence-electron chi connectivity index (χ1n) is 11.2. The number of benzene rings is 2. The second-order valence-corrected chi connectivity index (χ2v) is 8.53. The summed E-state index contributed by atoms with van der Waals surface area (Å²) in [4.78, 5) is 23.9. The van der Waals surface area contributed by atoms with Crippen LogP contribution in [0, 0.1) is 6.92 Å². The number of alkyl halides is 3. The van der Waals surface area contributed by atoms with Crippen molar-refractivity contribution in [1.82, 2.24) is 9.78 Å². The Labute approximate surface area is 200 Å². The van der Waals surface area contributed by atoms with Crippen molar-refractivity contribution in [2.75, 3.05) is 10.6 Å². The summed E-state index contributed by atoms with van der Waals surface area (Å²) in [5.41, 5.74) is 1.70. The molecule has 2 N–H and O–H groups in total. The van der Waals surface area contributed by atoms with Gasteiger partial charge >= 0.3 is 6.18 Å². The second-order valence-electron chi connectivity index (χ2n) is 8.53. The van der Waals surface area contributed by atoms with Gasteiger partial charge in [0.1, 0.15) is 18.0 Å². The average molecular weight is 486 g/mol. The zero-order valence-corrected chi connectivity index (χ0v) is 19.3. The average Bonchev–Trinajstić information content (AvgIpc) is 3.13. The zero-order chi connectivity index (χ0) is 25.2. The van der Waals surface area contributed by atoms with Gasteiger partial charge in [-0.1, -0.05) is 0 Å². The molecule has 0 bridgehead atoms. The molecule has 1 heterocycles. The molecule has 4 rings (SSSR count). The highest BCUT2D eigenvalue weighted by molar-refractivity contribution is 5.91. The predicted molar refractivity (Wildman–Crippen MR) is 124 cm³/mol. The van der Waals surface area contributed by atoms with Crippen molar-refractivity contribution in [2.24, 2.45) is 0 Å². The fourth-order valence-corrected chi connectivity index (χ4v) is 4.19. The summed E-state index contributed by atoms with van der Waals surface area (Å²) < 4.78 is 47.3. The molecule has 0 saturated heterocycles. The van der Waals surface area contributed by atoms with Gasteiger partial charge in [0, 0.05) is 35.6 Å². The van der Waals surface area contributed by atoms with Crippen molar-refractivity contribution in [1.29, 1.82) is 0 Å². The Bertz CT molecular complexity index is 1250. The minimum absolute atomic E-state index is 0.178. The highest BCUT2D eigenvalue weighted by Crippen LogP contribution is 2.36. The maximum absolute atomic E-state index is 13.4. The molecule has 0 radical (unpaired) electrons. The maximum Gasteiger partial charge on any atom is 0.435 e. The summed E-state index contributed by atoms with van der Waals surface area (Å²) in [6.07, 6.45) is -2.32. The van der Waals surface area contributed by atoms with E-state index < -0.39 is 17.8 Å². The molecule has 2 aromatic carbocycles. The number of amides is 2. The van der Waals surface area contributed by atoms with E-state index in [2.05, 4.69) is 15.7 Å². The number of rotatable bonds is 6. The Balaban J connectivity index is 1.47. The zero-order valence-electron chi connectivity index (χ0n) is 19.3. The van der Waals surface area contributed by atoms with Crippen molar-refractivity contribution < 1.29 is 27.5 Å². The number of halogens is 3. The number of nitrogens with zero attached hydrogens (tertiary/aromatic N) is 2. The van der Waals surface area contributed by atoms with E-state index in [-0.39, 0.29) is 18.0 Å².